The van der Waals surface area contributed by atoms with Crippen LogP contribution in [0.5, 0.6) is 0 Å². The number of carbonyl (C=O) groups is 2. The van der Waals surface area contributed by atoms with Crippen LogP contribution in [0.1, 0.15) is 45.5 Å². The van der Waals surface area contributed by atoms with E-state index in [0.29, 0.717) is 16.7 Å². The molecule has 118 valence electrons. The summed E-state index contributed by atoms with van der Waals surface area (Å²) in [5.74, 6) is -0.749. The van der Waals surface area contributed by atoms with Gasteiger partial charge in [0.1, 0.15) is 5.82 Å². The SMILES string of the molecule is O=C(c1ccc(F)cc1)c1ccccc1C(=O)N1CCCCC1. The predicted molar refractivity (Wildman–Crippen MR) is 86.0 cm³/mol. The van der Waals surface area contributed by atoms with Crippen molar-refractivity contribution in [1.82, 2.24) is 4.90 Å². The molecule has 0 spiro atoms. The van der Waals surface area contributed by atoms with E-state index < -0.39 is 0 Å². The predicted octanol–water partition coefficient (Wildman–Crippen LogP) is 3.68. The molecule has 1 fully saturated rings. The zero-order valence-corrected chi connectivity index (χ0v) is 12.8. The van der Waals surface area contributed by atoms with Gasteiger partial charge in [-0.25, -0.2) is 4.39 Å². The fourth-order valence-electron chi connectivity index (χ4n) is 2.89. The fourth-order valence-corrected chi connectivity index (χ4v) is 2.89. The highest BCUT2D eigenvalue weighted by Gasteiger charge is 2.23. The largest absolute Gasteiger partial charge is 0.339 e. The van der Waals surface area contributed by atoms with Crippen LogP contribution in [0.2, 0.25) is 0 Å². The summed E-state index contributed by atoms with van der Waals surface area (Å²) in [7, 11) is 0. The molecule has 0 saturated carbocycles. The monoisotopic (exact) mass is 311 g/mol. The first-order valence-corrected chi connectivity index (χ1v) is 7.85. The molecule has 1 heterocycles. The highest BCUT2D eigenvalue weighted by molar-refractivity contribution is 6.15. The van der Waals surface area contributed by atoms with Gasteiger partial charge in [-0.05, 0) is 49.6 Å². The Bertz CT molecular complexity index is 718. The molecule has 23 heavy (non-hydrogen) atoms. The van der Waals surface area contributed by atoms with Crippen LogP contribution in [0, 0.1) is 5.82 Å². The molecular weight excluding hydrogens is 293 g/mol. The summed E-state index contributed by atoms with van der Waals surface area (Å²) < 4.78 is 13.0. The first-order chi connectivity index (χ1) is 11.2. The molecule has 0 atom stereocenters. The van der Waals surface area contributed by atoms with E-state index in [1.54, 1.807) is 29.2 Å². The molecule has 3 rings (SSSR count). The van der Waals surface area contributed by atoms with Crippen molar-refractivity contribution in [3.05, 3.63) is 71.0 Å². The van der Waals surface area contributed by atoms with Gasteiger partial charge in [-0.15, -0.1) is 0 Å². The highest BCUT2D eigenvalue weighted by atomic mass is 19.1. The Kier molecular flexibility index (Phi) is 4.51. The van der Waals surface area contributed by atoms with Crippen molar-refractivity contribution < 1.29 is 14.0 Å². The maximum atomic E-state index is 13.0. The number of amides is 1. The standard InChI is InChI=1S/C19H18FNO2/c20-15-10-8-14(9-11-15)18(22)16-6-2-3-7-17(16)19(23)21-12-4-1-5-13-21/h2-3,6-11H,1,4-5,12-13H2. The van der Waals surface area contributed by atoms with Crippen LogP contribution in [0.25, 0.3) is 0 Å². The molecule has 1 amide bonds. The number of hydrogen-bond donors (Lipinski definition) is 0. The maximum Gasteiger partial charge on any atom is 0.254 e. The molecule has 1 saturated heterocycles. The maximum absolute atomic E-state index is 13.0. The smallest absolute Gasteiger partial charge is 0.254 e. The van der Waals surface area contributed by atoms with Crippen molar-refractivity contribution in [3.8, 4) is 0 Å². The number of carbonyl (C=O) groups excluding carboxylic acids is 2. The van der Waals surface area contributed by atoms with Crippen LogP contribution >= 0.6 is 0 Å². The molecule has 0 radical (unpaired) electrons. The van der Waals surface area contributed by atoms with E-state index in [0.717, 1.165) is 32.4 Å². The van der Waals surface area contributed by atoms with Crippen molar-refractivity contribution in [2.75, 3.05) is 13.1 Å². The fraction of sp³-hybridized carbons (Fsp3) is 0.263. The third kappa shape index (κ3) is 3.31. The van der Waals surface area contributed by atoms with Gasteiger partial charge < -0.3 is 4.90 Å². The van der Waals surface area contributed by atoms with Gasteiger partial charge >= 0.3 is 0 Å². The molecule has 4 heteroatoms. The van der Waals surface area contributed by atoms with Crippen LogP contribution in [0.4, 0.5) is 4.39 Å². The van der Waals surface area contributed by atoms with Crippen molar-refractivity contribution in [1.29, 1.82) is 0 Å². The number of piperidine rings is 1. The molecule has 2 aromatic rings. The Balaban J connectivity index is 1.92. The first kappa shape index (κ1) is 15.4. The van der Waals surface area contributed by atoms with Crippen molar-refractivity contribution in [2.45, 2.75) is 19.3 Å². The van der Waals surface area contributed by atoms with E-state index in [-0.39, 0.29) is 17.5 Å². The number of hydrogen-bond acceptors (Lipinski definition) is 2. The normalized spacial score (nSPS) is 14.6. The number of nitrogens with zero attached hydrogens (tertiary/aromatic N) is 1. The van der Waals surface area contributed by atoms with E-state index in [4.69, 9.17) is 0 Å². The lowest BCUT2D eigenvalue weighted by Crippen LogP contribution is -2.36. The van der Waals surface area contributed by atoms with Crippen LogP contribution < -0.4 is 0 Å². The van der Waals surface area contributed by atoms with Crippen LogP contribution in [-0.2, 0) is 0 Å². The summed E-state index contributed by atoms with van der Waals surface area (Å²) in [4.78, 5) is 27.2. The molecule has 0 N–H and O–H groups in total. The summed E-state index contributed by atoms with van der Waals surface area (Å²) in [5, 5.41) is 0. The second-order valence-corrected chi connectivity index (χ2v) is 5.73. The minimum Gasteiger partial charge on any atom is -0.339 e. The zero-order chi connectivity index (χ0) is 16.2. The van der Waals surface area contributed by atoms with Gasteiger partial charge in [-0.2, -0.15) is 0 Å². The molecule has 2 aromatic carbocycles. The van der Waals surface area contributed by atoms with E-state index in [1.807, 2.05) is 0 Å². The second kappa shape index (κ2) is 6.73. The summed E-state index contributed by atoms with van der Waals surface area (Å²) in [5.41, 5.74) is 1.17. The summed E-state index contributed by atoms with van der Waals surface area (Å²) in [6.45, 7) is 1.47. The molecule has 0 aliphatic carbocycles. The number of rotatable bonds is 3. The van der Waals surface area contributed by atoms with Gasteiger partial charge in [0.05, 0.1) is 5.56 Å². The molecule has 0 unspecified atom stereocenters. The molecule has 0 bridgehead atoms. The highest BCUT2D eigenvalue weighted by Crippen LogP contribution is 2.19. The lowest BCUT2D eigenvalue weighted by Gasteiger charge is -2.27. The van der Waals surface area contributed by atoms with Gasteiger partial charge in [0.25, 0.3) is 5.91 Å². The Labute approximate surface area is 134 Å². The minimum absolute atomic E-state index is 0.101. The van der Waals surface area contributed by atoms with Crippen LogP contribution in [0.3, 0.4) is 0 Å². The van der Waals surface area contributed by atoms with Gasteiger partial charge in [-0.3, -0.25) is 9.59 Å². The number of likely N-dealkylation sites (tertiary alicyclic amines) is 1. The van der Waals surface area contributed by atoms with Gasteiger partial charge in [0.2, 0.25) is 0 Å². The van der Waals surface area contributed by atoms with Crippen LogP contribution in [0.15, 0.2) is 48.5 Å². The Hall–Kier alpha value is -2.49. The van der Waals surface area contributed by atoms with Crippen molar-refractivity contribution in [3.63, 3.8) is 0 Å². The Morgan fingerprint density at radius 3 is 2.09 bits per heavy atom. The quantitative estimate of drug-likeness (QED) is 0.811. The molecule has 1 aliphatic rings. The lowest BCUT2D eigenvalue weighted by molar-refractivity contribution is 0.0720. The zero-order valence-electron chi connectivity index (χ0n) is 12.8. The third-order valence-corrected chi connectivity index (χ3v) is 4.15. The number of ketones is 1. The summed E-state index contributed by atoms with van der Waals surface area (Å²) >= 11 is 0. The van der Waals surface area contributed by atoms with Gasteiger partial charge in [0, 0.05) is 24.2 Å². The molecular formula is C19H18FNO2. The third-order valence-electron chi connectivity index (χ3n) is 4.15. The number of halogens is 1. The Morgan fingerprint density at radius 2 is 1.43 bits per heavy atom. The van der Waals surface area contributed by atoms with Crippen molar-refractivity contribution in [2.24, 2.45) is 0 Å². The summed E-state index contributed by atoms with van der Waals surface area (Å²) in [6.07, 6.45) is 3.14. The Morgan fingerprint density at radius 1 is 0.826 bits per heavy atom. The first-order valence-electron chi connectivity index (χ1n) is 7.85. The summed E-state index contributed by atoms with van der Waals surface area (Å²) in [6, 6.07) is 12.2. The lowest BCUT2D eigenvalue weighted by atomic mass is 9.97. The minimum atomic E-state index is -0.390. The van der Waals surface area contributed by atoms with E-state index in [2.05, 4.69) is 0 Å². The topological polar surface area (TPSA) is 37.4 Å². The number of benzene rings is 2. The molecule has 1 aliphatic heterocycles. The van der Waals surface area contributed by atoms with Gasteiger partial charge in [0.15, 0.2) is 5.78 Å². The van der Waals surface area contributed by atoms with E-state index in [1.165, 1.54) is 24.3 Å². The van der Waals surface area contributed by atoms with Crippen LogP contribution in [-0.4, -0.2) is 29.7 Å². The van der Waals surface area contributed by atoms with Crippen molar-refractivity contribution >= 4 is 11.7 Å². The second-order valence-electron chi connectivity index (χ2n) is 5.73. The average Bonchev–Trinajstić information content (AvgIpc) is 2.62. The molecule has 0 aromatic heterocycles. The average molecular weight is 311 g/mol. The van der Waals surface area contributed by atoms with E-state index in [9.17, 15) is 14.0 Å². The van der Waals surface area contributed by atoms with E-state index >= 15 is 0 Å². The van der Waals surface area contributed by atoms with Gasteiger partial charge in [-0.1, -0.05) is 18.2 Å². The molecule has 3 nitrogen and oxygen atoms in total.